The minimum atomic E-state index is -0.119. The maximum Gasteiger partial charge on any atom is 0.137 e. The summed E-state index contributed by atoms with van der Waals surface area (Å²) in [6.07, 6.45) is 9.59. The van der Waals surface area contributed by atoms with Crippen molar-refractivity contribution in [1.29, 1.82) is 0 Å². The molecule has 2 heterocycles. The highest BCUT2D eigenvalue weighted by molar-refractivity contribution is 6.30. The van der Waals surface area contributed by atoms with Crippen molar-refractivity contribution in [3.05, 3.63) is 35.2 Å². The third-order valence-electron chi connectivity index (χ3n) is 4.22. The molecular weight excluding hydrogens is 274 g/mol. The number of imidazole rings is 1. The van der Waals surface area contributed by atoms with Gasteiger partial charge in [0.25, 0.3) is 0 Å². The van der Waals surface area contributed by atoms with E-state index >= 15 is 0 Å². The minimum Gasteiger partial charge on any atom is -0.394 e. The van der Waals surface area contributed by atoms with E-state index in [1.54, 1.807) is 0 Å². The molecule has 3 rings (SSSR count). The van der Waals surface area contributed by atoms with E-state index in [-0.39, 0.29) is 12.1 Å². The lowest BCUT2D eigenvalue weighted by atomic mass is 9.82. The topological polar surface area (TPSA) is 49.6 Å². The van der Waals surface area contributed by atoms with Gasteiger partial charge >= 0.3 is 0 Å². The van der Waals surface area contributed by atoms with Crippen LogP contribution in [0.15, 0.2) is 24.5 Å². The van der Waals surface area contributed by atoms with Gasteiger partial charge in [-0.25, -0.2) is 4.98 Å². The Morgan fingerprint density at radius 1 is 1.25 bits per heavy atom. The van der Waals surface area contributed by atoms with Crippen LogP contribution in [0.5, 0.6) is 0 Å². The van der Waals surface area contributed by atoms with Crippen LogP contribution in [-0.2, 0) is 6.54 Å². The summed E-state index contributed by atoms with van der Waals surface area (Å²) >= 11 is 5.97. The zero-order valence-corrected chi connectivity index (χ0v) is 12.2. The first kappa shape index (κ1) is 13.9. The number of halogens is 1. The number of aromatic nitrogens is 2. The van der Waals surface area contributed by atoms with Crippen LogP contribution in [0.2, 0.25) is 5.02 Å². The van der Waals surface area contributed by atoms with Crippen molar-refractivity contribution in [1.82, 2.24) is 14.7 Å². The Bertz CT molecular complexity index is 590. The van der Waals surface area contributed by atoms with Gasteiger partial charge in [-0.3, -0.25) is 0 Å². The molecule has 0 saturated heterocycles. The molecule has 1 saturated carbocycles. The lowest BCUT2D eigenvalue weighted by molar-refractivity contribution is 0.119. The highest BCUT2D eigenvalue weighted by Gasteiger charge is 2.30. The first-order chi connectivity index (χ1) is 9.71. The molecule has 1 fully saturated rings. The van der Waals surface area contributed by atoms with Gasteiger partial charge in [0.2, 0.25) is 0 Å². The standard InChI is InChI=1S/C15H20ClN3O/c16-12-4-5-14-18-13(10-19(14)9-12)8-17-15(11-20)6-2-1-3-7-15/h4-5,9-10,17,20H,1-3,6-8,11H2. The first-order valence-corrected chi connectivity index (χ1v) is 7.58. The van der Waals surface area contributed by atoms with Crippen molar-refractivity contribution >= 4 is 17.2 Å². The normalized spacial score (nSPS) is 18.5. The van der Waals surface area contributed by atoms with Gasteiger partial charge in [0.1, 0.15) is 5.65 Å². The van der Waals surface area contributed by atoms with Crippen molar-refractivity contribution in [3.8, 4) is 0 Å². The van der Waals surface area contributed by atoms with Gasteiger partial charge in [0.15, 0.2) is 0 Å². The third kappa shape index (κ3) is 2.82. The fourth-order valence-electron chi connectivity index (χ4n) is 3.00. The molecule has 4 nitrogen and oxygen atoms in total. The van der Waals surface area contributed by atoms with E-state index in [1.165, 1.54) is 19.3 Å². The van der Waals surface area contributed by atoms with Crippen molar-refractivity contribution in [2.45, 2.75) is 44.2 Å². The molecule has 2 N–H and O–H groups in total. The molecular formula is C15H20ClN3O. The number of hydrogen-bond donors (Lipinski definition) is 2. The summed E-state index contributed by atoms with van der Waals surface area (Å²) in [5.41, 5.74) is 1.75. The Kier molecular flexibility index (Phi) is 3.96. The summed E-state index contributed by atoms with van der Waals surface area (Å²) in [6.45, 7) is 0.881. The average Bonchev–Trinajstić information content (AvgIpc) is 2.88. The molecule has 1 aliphatic carbocycles. The number of aliphatic hydroxyl groups excluding tert-OH is 1. The van der Waals surface area contributed by atoms with Crippen LogP contribution in [0.25, 0.3) is 5.65 Å². The average molecular weight is 294 g/mol. The van der Waals surface area contributed by atoms with Crippen LogP contribution in [0.3, 0.4) is 0 Å². The highest BCUT2D eigenvalue weighted by atomic mass is 35.5. The van der Waals surface area contributed by atoms with E-state index < -0.39 is 0 Å². The van der Waals surface area contributed by atoms with Crippen molar-refractivity contribution in [2.75, 3.05) is 6.61 Å². The summed E-state index contributed by atoms with van der Waals surface area (Å²) in [6, 6.07) is 3.76. The van der Waals surface area contributed by atoms with Crippen molar-refractivity contribution in [2.24, 2.45) is 0 Å². The Morgan fingerprint density at radius 2 is 2.05 bits per heavy atom. The smallest absolute Gasteiger partial charge is 0.137 e. The zero-order chi connectivity index (χ0) is 14.0. The summed E-state index contributed by atoms with van der Waals surface area (Å²) in [4.78, 5) is 4.56. The lowest BCUT2D eigenvalue weighted by Gasteiger charge is -2.36. The number of aliphatic hydroxyl groups is 1. The number of nitrogens with one attached hydrogen (secondary N) is 1. The highest BCUT2D eigenvalue weighted by Crippen LogP contribution is 2.28. The molecule has 108 valence electrons. The molecule has 0 radical (unpaired) electrons. The lowest BCUT2D eigenvalue weighted by Crippen LogP contribution is -2.49. The molecule has 2 aromatic rings. The van der Waals surface area contributed by atoms with E-state index in [0.717, 1.165) is 24.2 Å². The molecule has 5 heteroatoms. The second-order valence-electron chi connectivity index (χ2n) is 5.70. The molecule has 0 spiro atoms. The maximum atomic E-state index is 9.69. The number of hydrogen-bond acceptors (Lipinski definition) is 3. The van der Waals surface area contributed by atoms with Gasteiger partial charge in [0.05, 0.1) is 17.3 Å². The van der Waals surface area contributed by atoms with Gasteiger partial charge in [-0.05, 0) is 25.0 Å². The SMILES string of the molecule is OCC1(NCc2cn3cc(Cl)ccc3n2)CCCCC1. The second kappa shape index (κ2) is 5.72. The Hall–Kier alpha value is -1.10. The third-order valence-corrected chi connectivity index (χ3v) is 4.45. The minimum absolute atomic E-state index is 0.119. The molecule has 2 aromatic heterocycles. The molecule has 20 heavy (non-hydrogen) atoms. The monoisotopic (exact) mass is 293 g/mol. The van der Waals surface area contributed by atoms with Crippen LogP contribution >= 0.6 is 11.6 Å². The largest absolute Gasteiger partial charge is 0.394 e. The summed E-state index contributed by atoms with van der Waals surface area (Å²) in [5, 5.41) is 13.9. The van der Waals surface area contributed by atoms with Gasteiger partial charge < -0.3 is 14.8 Å². The number of nitrogens with zero attached hydrogens (tertiary/aromatic N) is 2. The van der Waals surface area contributed by atoms with E-state index in [1.807, 2.05) is 28.9 Å². The Morgan fingerprint density at radius 3 is 2.80 bits per heavy atom. The Balaban J connectivity index is 1.72. The molecule has 0 unspecified atom stereocenters. The van der Waals surface area contributed by atoms with Crippen LogP contribution < -0.4 is 5.32 Å². The van der Waals surface area contributed by atoms with Crippen LogP contribution in [0.1, 0.15) is 37.8 Å². The summed E-state index contributed by atoms with van der Waals surface area (Å²) in [7, 11) is 0. The van der Waals surface area contributed by atoms with E-state index in [0.29, 0.717) is 11.6 Å². The molecule has 0 aliphatic heterocycles. The molecule has 0 amide bonds. The zero-order valence-electron chi connectivity index (χ0n) is 11.5. The first-order valence-electron chi connectivity index (χ1n) is 7.20. The summed E-state index contributed by atoms with van der Waals surface area (Å²) in [5.74, 6) is 0. The van der Waals surface area contributed by atoms with E-state index in [9.17, 15) is 5.11 Å². The van der Waals surface area contributed by atoms with Crippen LogP contribution in [-0.4, -0.2) is 26.6 Å². The number of pyridine rings is 1. The Labute approximate surface area is 123 Å². The quantitative estimate of drug-likeness (QED) is 0.911. The van der Waals surface area contributed by atoms with E-state index in [2.05, 4.69) is 10.3 Å². The molecule has 0 bridgehead atoms. The second-order valence-corrected chi connectivity index (χ2v) is 6.13. The van der Waals surface area contributed by atoms with Gasteiger partial charge in [0, 0.05) is 24.5 Å². The van der Waals surface area contributed by atoms with E-state index in [4.69, 9.17) is 11.6 Å². The van der Waals surface area contributed by atoms with Crippen molar-refractivity contribution in [3.63, 3.8) is 0 Å². The maximum absolute atomic E-state index is 9.69. The summed E-state index contributed by atoms with van der Waals surface area (Å²) < 4.78 is 1.94. The predicted molar refractivity (Wildman–Crippen MR) is 79.9 cm³/mol. The van der Waals surface area contributed by atoms with Crippen LogP contribution in [0.4, 0.5) is 0 Å². The fraction of sp³-hybridized carbons (Fsp3) is 0.533. The predicted octanol–water partition coefficient (Wildman–Crippen LogP) is 2.77. The number of fused-ring (bicyclic) bond motifs is 1. The molecule has 0 aromatic carbocycles. The van der Waals surface area contributed by atoms with Gasteiger partial charge in [-0.1, -0.05) is 30.9 Å². The number of rotatable bonds is 4. The van der Waals surface area contributed by atoms with Gasteiger partial charge in [-0.2, -0.15) is 0 Å². The molecule has 1 aliphatic rings. The van der Waals surface area contributed by atoms with Crippen LogP contribution in [0, 0.1) is 0 Å². The fourth-order valence-corrected chi connectivity index (χ4v) is 3.17. The molecule has 0 atom stereocenters. The van der Waals surface area contributed by atoms with Crippen molar-refractivity contribution < 1.29 is 5.11 Å². The van der Waals surface area contributed by atoms with Gasteiger partial charge in [-0.15, -0.1) is 0 Å².